The van der Waals surface area contributed by atoms with Crippen molar-refractivity contribution in [3.8, 4) is 11.8 Å². The van der Waals surface area contributed by atoms with E-state index >= 15 is 0 Å². The third-order valence-corrected chi connectivity index (χ3v) is 6.62. The first-order chi connectivity index (χ1) is 16.6. The average molecular weight is 488 g/mol. The molecule has 2 N–H and O–H groups in total. The lowest BCUT2D eigenvalue weighted by Crippen LogP contribution is -2.35. The predicted molar refractivity (Wildman–Crippen MR) is 132 cm³/mol. The molecule has 182 valence electrons. The maximum Gasteiger partial charge on any atom is 0.270 e. The summed E-state index contributed by atoms with van der Waals surface area (Å²) in [6, 6.07) is 9.32. The first-order valence-electron chi connectivity index (χ1n) is 11.5. The van der Waals surface area contributed by atoms with Crippen molar-refractivity contribution in [1.29, 1.82) is 5.26 Å². The van der Waals surface area contributed by atoms with Gasteiger partial charge in [-0.1, -0.05) is 12.5 Å². The van der Waals surface area contributed by atoms with Gasteiger partial charge >= 0.3 is 0 Å². The molecule has 0 spiro atoms. The fourth-order valence-corrected chi connectivity index (χ4v) is 4.82. The van der Waals surface area contributed by atoms with E-state index in [4.69, 9.17) is 4.74 Å². The highest BCUT2D eigenvalue weighted by Crippen LogP contribution is 2.17. The number of rotatable bonds is 10. The number of piperidine rings is 1. The third-order valence-electron chi connectivity index (χ3n) is 5.49. The summed E-state index contributed by atoms with van der Waals surface area (Å²) in [5.41, 5.74) is 0.231. The maximum atomic E-state index is 12.8. The number of carbonyl (C=O) groups excluding carboxylic acids is 1. The van der Waals surface area contributed by atoms with Crippen molar-refractivity contribution in [1.82, 2.24) is 14.8 Å². The van der Waals surface area contributed by atoms with Crippen LogP contribution >= 0.6 is 11.3 Å². The number of amides is 1. The van der Waals surface area contributed by atoms with Gasteiger partial charge in [-0.25, -0.2) is 4.39 Å². The van der Waals surface area contributed by atoms with E-state index in [1.165, 1.54) is 23.8 Å². The molecule has 1 aromatic heterocycles. The molecule has 1 fully saturated rings. The molecular formula is C24H30FN5O3S. The number of alkyl halides is 1. The molecule has 8 nitrogen and oxygen atoms in total. The van der Waals surface area contributed by atoms with E-state index in [0.717, 1.165) is 42.4 Å². The molecule has 0 atom stereocenters. The van der Waals surface area contributed by atoms with Gasteiger partial charge in [0, 0.05) is 37.6 Å². The summed E-state index contributed by atoms with van der Waals surface area (Å²) in [6.07, 6.45) is 5.35. The van der Waals surface area contributed by atoms with Gasteiger partial charge < -0.3 is 15.4 Å². The number of benzene rings is 1. The van der Waals surface area contributed by atoms with E-state index in [0.29, 0.717) is 17.7 Å². The van der Waals surface area contributed by atoms with Gasteiger partial charge in [-0.15, -0.1) is 11.3 Å². The number of halogens is 1. The highest BCUT2D eigenvalue weighted by Gasteiger charge is 2.15. The summed E-state index contributed by atoms with van der Waals surface area (Å²) < 4.78 is 20.3. The van der Waals surface area contributed by atoms with Crippen molar-refractivity contribution in [2.75, 3.05) is 44.8 Å². The van der Waals surface area contributed by atoms with Gasteiger partial charge in [0.05, 0.1) is 0 Å². The topological polar surface area (TPSA) is 99.4 Å². The molecule has 10 heteroatoms. The van der Waals surface area contributed by atoms with Gasteiger partial charge in [-0.05, 0) is 45.0 Å². The van der Waals surface area contributed by atoms with Crippen LogP contribution in [-0.4, -0.2) is 54.8 Å². The molecular weight excluding hydrogens is 457 g/mol. The van der Waals surface area contributed by atoms with Crippen LogP contribution in [0.1, 0.15) is 26.2 Å². The minimum absolute atomic E-state index is 0.192. The first kappa shape index (κ1) is 25.5. The van der Waals surface area contributed by atoms with E-state index in [2.05, 4.69) is 15.5 Å². The van der Waals surface area contributed by atoms with Crippen LogP contribution in [0.15, 0.2) is 29.1 Å². The number of thiazole rings is 1. The predicted octanol–water partition coefficient (Wildman–Crippen LogP) is 1.40. The molecule has 1 aliphatic heterocycles. The largest absolute Gasteiger partial charge is 0.492 e. The van der Waals surface area contributed by atoms with E-state index in [9.17, 15) is 19.2 Å². The summed E-state index contributed by atoms with van der Waals surface area (Å²) in [6.45, 7) is 4.88. The zero-order chi connectivity index (χ0) is 24.3. The van der Waals surface area contributed by atoms with Gasteiger partial charge in [-0.2, -0.15) is 5.26 Å². The second-order valence-corrected chi connectivity index (χ2v) is 8.85. The third kappa shape index (κ3) is 6.68. The number of anilines is 1. The minimum atomic E-state index is -0.737. The number of carbonyl (C=O) groups is 1. The van der Waals surface area contributed by atoms with Gasteiger partial charge in [0.2, 0.25) is 0 Å². The summed E-state index contributed by atoms with van der Waals surface area (Å²) in [5, 5.41) is 14.9. The van der Waals surface area contributed by atoms with Crippen molar-refractivity contribution in [3.05, 3.63) is 43.8 Å². The van der Waals surface area contributed by atoms with Crippen LogP contribution in [0.2, 0.25) is 0 Å². The number of nitrogens with one attached hydrogen (secondary N) is 2. The lowest BCUT2D eigenvalue weighted by Gasteiger charge is -2.26. The lowest BCUT2D eigenvalue weighted by molar-refractivity contribution is -0.115. The standard InChI is InChI=1S/C24H30FN5O3S/c1-2-30-23(32)21(34-24(30)20(16-26)22(31)27-10-9-25)17-28-18-7-6-8-19(15-18)33-14-13-29-11-4-3-5-12-29/h6-8,15,17,28H,2-5,9-14H2,1H3,(H,27,31). The molecule has 1 aromatic carbocycles. The van der Waals surface area contributed by atoms with Gasteiger partial charge in [0.25, 0.3) is 11.5 Å². The number of hydrogen-bond acceptors (Lipinski definition) is 7. The summed E-state index contributed by atoms with van der Waals surface area (Å²) >= 11 is 1.04. The molecule has 1 amide bonds. The zero-order valence-corrected chi connectivity index (χ0v) is 20.1. The van der Waals surface area contributed by atoms with Crippen molar-refractivity contribution in [3.63, 3.8) is 0 Å². The number of hydrogen-bond donors (Lipinski definition) is 2. The summed E-state index contributed by atoms with van der Waals surface area (Å²) in [4.78, 5) is 27.5. The smallest absolute Gasteiger partial charge is 0.270 e. The van der Waals surface area contributed by atoms with Crippen molar-refractivity contribution in [2.45, 2.75) is 32.7 Å². The second kappa shape index (κ2) is 12.9. The van der Waals surface area contributed by atoms with Crippen LogP contribution in [0.5, 0.6) is 5.75 Å². The fraction of sp³-hybridized carbons (Fsp3) is 0.458. The quantitative estimate of drug-likeness (QED) is 0.526. The van der Waals surface area contributed by atoms with Gasteiger partial charge in [-0.3, -0.25) is 19.1 Å². The first-order valence-corrected chi connectivity index (χ1v) is 12.3. The Morgan fingerprint density at radius 1 is 1.32 bits per heavy atom. The number of ether oxygens (including phenoxy) is 1. The Hall–Kier alpha value is -3.16. The Kier molecular flexibility index (Phi) is 9.67. The minimum Gasteiger partial charge on any atom is -0.492 e. The van der Waals surface area contributed by atoms with Crippen LogP contribution in [0.25, 0.3) is 11.8 Å². The molecule has 1 aliphatic rings. The normalized spacial score (nSPS) is 15.5. The SMILES string of the molecule is CCn1c(=C(C#N)C(=O)NCCF)sc(=CNc2cccc(OCCN3CCCCC3)c2)c1=O. The second-order valence-electron chi connectivity index (χ2n) is 7.82. The van der Waals surface area contributed by atoms with Crippen molar-refractivity contribution in [2.24, 2.45) is 0 Å². The molecule has 0 unspecified atom stereocenters. The molecule has 1 saturated heterocycles. The molecule has 34 heavy (non-hydrogen) atoms. The summed E-state index contributed by atoms with van der Waals surface area (Å²) in [7, 11) is 0. The van der Waals surface area contributed by atoms with Gasteiger partial charge in [0.15, 0.2) is 5.57 Å². The highest BCUT2D eigenvalue weighted by atomic mass is 32.1. The summed E-state index contributed by atoms with van der Waals surface area (Å²) in [5.74, 6) is 0.0374. The molecule has 0 radical (unpaired) electrons. The van der Waals surface area contributed by atoms with Crippen molar-refractivity contribution >= 4 is 34.7 Å². The number of likely N-dealkylation sites (tertiary alicyclic amines) is 1. The van der Waals surface area contributed by atoms with Crippen molar-refractivity contribution < 1.29 is 13.9 Å². The van der Waals surface area contributed by atoms with Crippen LogP contribution < -0.4 is 30.1 Å². The van der Waals surface area contributed by atoms with Gasteiger partial charge in [0.1, 0.15) is 34.3 Å². The number of aromatic nitrogens is 1. The van der Waals surface area contributed by atoms with Crippen LogP contribution in [0.3, 0.4) is 0 Å². The fourth-order valence-electron chi connectivity index (χ4n) is 3.74. The number of nitrogens with zero attached hydrogens (tertiary/aromatic N) is 3. The Bertz CT molecular complexity index is 1190. The molecule has 0 saturated carbocycles. The Labute approximate surface area is 202 Å². The molecule has 2 heterocycles. The van der Waals surface area contributed by atoms with E-state index < -0.39 is 12.6 Å². The monoisotopic (exact) mass is 487 g/mol. The van der Waals surface area contributed by atoms with Crippen LogP contribution in [0.4, 0.5) is 10.1 Å². The molecule has 2 aromatic rings. The van der Waals surface area contributed by atoms with Crippen LogP contribution in [-0.2, 0) is 11.3 Å². The van der Waals surface area contributed by atoms with E-state index in [1.807, 2.05) is 30.3 Å². The van der Waals surface area contributed by atoms with E-state index in [1.54, 1.807) is 13.1 Å². The average Bonchev–Trinajstić information content (AvgIpc) is 3.17. The highest BCUT2D eigenvalue weighted by molar-refractivity contribution is 7.07. The van der Waals surface area contributed by atoms with E-state index in [-0.39, 0.29) is 22.3 Å². The van der Waals surface area contributed by atoms with Crippen LogP contribution in [0, 0.1) is 11.3 Å². The molecule has 0 aliphatic carbocycles. The maximum absolute atomic E-state index is 12.8. The molecule has 3 rings (SSSR count). The Balaban J connectivity index is 1.76. The Morgan fingerprint density at radius 2 is 2.12 bits per heavy atom. The lowest BCUT2D eigenvalue weighted by atomic mass is 10.1. The number of nitriles is 1. The zero-order valence-electron chi connectivity index (χ0n) is 19.3. The molecule has 0 bridgehead atoms. The Morgan fingerprint density at radius 3 is 2.82 bits per heavy atom.